The molecule has 0 radical (unpaired) electrons. The maximum atomic E-state index is 12.8. The third-order valence-electron chi connectivity index (χ3n) is 4.89. The largest absolute Gasteiger partial charge is 0.480 e. The van der Waals surface area contributed by atoms with E-state index in [0.717, 1.165) is 29.7 Å². The molecule has 1 heterocycles. The number of rotatable bonds is 5. The van der Waals surface area contributed by atoms with E-state index in [2.05, 4.69) is 15.3 Å². The fourth-order valence-electron chi connectivity index (χ4n) is 3.46. The number of hydrogen-bond donors (Lipinski definition) is 2. The molecular weight excluding hydrogens is 332 g/mol. The Hall–Kier alpha value is -2.96. The van der Waals surface area contributed by atoms with E-state index in [4.69, 9.17) is 10.5 Å². The van der Waals surface area contributed by atoms with E-state index in [9.17, 15) is 9.59 Å². The molecule has 2 aromatic rings. The third-order valence-corrected chi connectivity index (χ3v) is 4.89. The number of aromatic nitrogens is 2. The van der Waals surface area contributed by atoms with Crippen LogP contribution in [0.4, 0.5) is 0 Å². The number of nitrogens with two attached hydrogens (primary N) is 1. The SMILES string of the molecule is COc1ncnc(C)c1-c1cccc(C(=O)NC2(C(N)=O)CCCC2)c1. The first kappa shape index (κ1) is 17.8. The second-order valence-corrected chi connectivity index (χ2v) is 6.53. The second kappa shape index (κ2) is 7.11. The van der Waals surface area contributed by atoms with E-state index in [1.807, 2.05) is 13.0 Å². The Morgan fingerprint density at radius 3 is 2.62 bits per heavy atom. The van der Waals surface area contributed by atoms with Crippen LogP contribution in [0.3, 0.4) is 0 Å². The maximum absolute atomic E-state index is 12.8. The van der Waals surface area contributed by atoms with Gasteiger partial charge in [0, 0.05) is 5.56 Å². The van der Waals surface area contributed by atoms with Crippen LogP contribution in [0.1, 0.15) is 41.7 Å². The average molecular weight is 354 g/mol. The summed E-state index contributed by atoms with van der Waals surface area (Å²) in [7, 11) is 1.54. The van der Waals surface area contributed by atoms with Crippen molar-refractivity contribution in [2.45, 2.75) is 38.1 Å². The standard InChI is InChI=1S/C19H22N4O3/c1-12-15(17(26-2)22-11-21-12)13-6-5-7-14(10-13)16(24)23-19(18(20)25)8-3-4-9-19/h5-7,10-11H,3-4,8-9H2,1-2H3,(H2,20,25)(H,23,24). The van der Waals surface area contributed by atoms with Gasteiger partial charge in [-0.3, -0.25) is 9.59 Å². The number of primary amides is 1. The van der Waals surface area contributed by atoms with Gasteiger partial charge in [0.05, 0.1) is 18.4 Å². The monoisotopic (exact) mass is 354 g/mol. The first-order valence-corrected chi connectivity index (χ1v) is 8.55. The summed E-state index contributed by atoms with van der Waals surface area (Å²) in [6, 6.07) is 7.09. The zero-order valence-corrected chi connectivity index (χ0v) is 14.9. The van der Waals surface area contributed by atoms with E-state index < -0.39 is 11.4 Å². The zero-order valence-electron chi connectivity index (χ0n) is 14.9. The average Bonchev–Trinajstić information content (AvgIpc) is 3.11. The van der Waals surface area contributed by atoms with Crippen molar-refractivity contribution in [2.75, 3.05) is 7.11 Å². The molecule has 0 atom stereocenters. The van der Waals surface area contributed by atoms with Gasteiger partial charge in [0.15, 0.2) is 0 Å². The van der Waals surface area contributed by atoms with Crippen molar-refractivity contribution in [3.05, 3.63) is 41.9 Å². The minimum absolute atomic E-state index is 0.319. The highest BCUT2D eigenvalue weighted by atomic mass is 16.5. The minimum atomic E-state index is -0.948. The van der Waals surface area contributed by atoms with E-state index in [0.29, 0.717) is 24.3 Å². The van der Waals surface area contributed by atoms with Crippen molar-refractivity contribution >= 4 is 11.8 Å². The van der Waals surface area contributed by atoms with Crippen LogP contribution in [0.15, 0.2) is 30.6 Å². The molecule has 3 N–H and O–H groups in total. The number of benzene rings is 1. The Bertz CT molecular complexity index is 844. The molecule has 7 heteroatoms. The summed E-state index contributed by atoms with van der Waals surface area (Å²) in [5.41, 5.74) is 7.30. The van der Waals surface area contributed by atoms with Crippen LogP contribution in [-0.4, -0.2) is 34.4 Å². The number of carbonyl (C=O) groups is 2. The lowest BCUT2D eigenvalue weighted by Gasteiger charge is -2.26. The third kappa shape index (κ3) is 3.24. The summed E-state index contributed by atoms with van der Waals surface area (Å²) >= 11 is 0. The summed E-state index contributed by atoms with van der Waals surface area (Å²) in [5.74, 6) is -0.353. The van der Waals surface area contributed by atoms with Gasteiger partial charge in [-0.1, -0.05) is 25.0 Å². The number of nitrogens with one attached hydrogen (secondary N) is 1. The van der Waals surface area contributed by atoms with Crippen LogP contribution in [0.5, 0.6) is 5.88 Å². The fourth-order valence-corrected chi connectivity index (χ4v) is 3.46. The summed E-state index contributed by atoms with van der Waals surface area (Å²) in [6.45, 7) is 1.85. The molecule has 26 heavy (non-hydrogen) atoms. The van der Waals surface area contributed by atoms with Gasteiger partial charge in [0.25, 0.3) is 5.91 Å². The van der Waals surface area contributed by atoms with Crippen molar-refractivity contribution < 1.29 is 14.3 Å². The summed E-state index contributed by atoms with van der Waals surface area (Å²) in [6.07, 6.45) is 4.34. The van der Waals surface area contributed by atoms with Crippen LogP contribution >= 0.6 is 0 Å². The fraction of sp³-hybridized carbons (Fsp3) is 0.368. The van der Waals surface area contributed by atoms with Crippen molar-refractivity contribution in [2.24, 2.45) is 5.73 Å². The smallest absolute Gasteiger partial charge is 0.252 e. The van der Waals surface area contributed by atoms with Gasteiger partial charge >= 0.3 is 0 Å². The lowest BCUT2D eigenvalue weighted by Crippen LogP contribution is -2.55. The van der Waals surface area contributed by atoms with Gasteiger partial charge in [-0.2, -0.15) is 0 Å². The molecule has 1 aromatic carbocycles. The van der Waals surface area contributed by atoms with Gasteiger partial charge in [-0.05, 0) is 37.5 Å². The number of hydrogen-bond acceptors (Lipinski definition) is 5. The Morgan fingerprint density at radius 2 is 1.96 bits per heavy atom. The number of carbonyl (C=O) groups excluding carboxylic acids is 2. The zero-order chi connectivity index (χ0) is 18.7. The molecule has 7 nitrogen and oxygen atoms in total. The van der Waals surface area contributed by atoms with Gasteiger partial charge in [-0.25, -0.2) is 9.97 Å². The minimum Gasteiger partial charge on any atom is -0.480 e. The van der Waals surface area contributed by atoms with Gasteiger partial charge in [-0.15, -0.1) is 0 Å². The Labute approximate surface area is 152 Å². The molecule has 1 fully saturated rings. The van der Waals surface area contributed by atoms with E-state index in [1.165, 1.54) is 6.33 Å². The molecule has 0 unspecified atom stereocenters. The Kier molecular flexibility index (Phi) is 4.88. The highest BCUT2D eigenvalue weighted by Gasteiger charge is 2.41. The lowest BCUT2D eigenvalue weighted by atomic mass is 9.95. The summed E-state index contributed by atoms with van der Waals surface area (Å²) < 4.78 is 5.32. The van der Waals surface area contributed by atoms with Crippen molar-refractivity contribution in [1.29, 1.82) is 0 Å². The van der Waals surface area contributed by atoms with Crippen LogP contribution in [-0.2, 0) is 4.79 Å². The molecule has 1 saturated carbocycles. The number of aryl methyl sites for hydroxylation is 1. The van der Waals surface area contributed by atoms with Gasteiger partial charge in [0.2, 0.25) is 11.8 Å². The molecule has 0 saturated heterocycles. The van der Waals surface area contributed by atoms with E-state index >= 15 is 0 Å². The lowest BCUT2D eigenvalue weighted by molar-refractivity contribution is -0.123. The number of methoxy groups -OCH3 is 1. The first-order valence-electron chi connectivity index (χ1n) is 8.55. The van der Waals surface area contributed by atoms with Gasteiger partial charge in [0.1, 0.15) is 11.9 Å². The van der Waals surface area contributed by atoms with Gasteiger partial charge < -0.3 is 15.8 Å². The van der Waals surface area contributed by atoms with Crippen molar-refractivity contribution in [3.8, 4) is 17.0 Å². The molecule has 1 aromatic heterocycles. The molecule has 3 rings (SSSR count). The molecule has 0 aliphatic heterocycles. The quantitative estimate of drug-likeness (QED) is 0.854. The highest BCUT2D eigenvalue weighted by molar-refractivity contribution is 6.00. The van der Waals surface area contributed by atoms with Crippen LogP contribution < -0.4 is 15.8 Å². The molecule has 1 aliphatic rings. The molecular formula is C19H22N4O3. The topological polar surface area (TPSA) is 107 Å². The Morgan fingerprint density at radius 1 is 1.23 bits per heavy atom. The summed E-state index contributed by atoms with van der Waals surface area (Å²) in [4.78, 5) is 33.0. The number of amides is 2. The molecule has 0 bridgehead atoms. The van der Waals surface area contributed by atoms with Crippen LogP contribution in [0.25, 0.3) is 11.1 Å². The second-order valence-electron chi connectivity index (χ2n) is 6.53. The first-order chi connectivity index (χ1) is 12.5. The van der Waals surface area contributed by atoms with Crippen LogP contribution in [0, 0.1) is 6.92 Å². The molecule has 0 spiro atoms. The molecule has 2 amide bonds. The Balaban J connectivity index is 1.93. The van der Waals surface area contributed by atoms with Crippen molar-refractivity contribution in [3.63, 3.8) is 0 Å². The summed E-state index contributed by atoms with van der Waals surface area (Å²) in [5, 5.41) is 2.85. The maximum Gasteiger partial charge on any atom is 0.252 e. The van der Waals surface area contributed by atoms with E-state index in [1.54, 1.807) is 25.3 Å². The van der Waals surface area contributed by atoms with Crippen LogP contribution in [0.2, 0.25) is 0 Å². The predicted molar refractivity (Wildman–Crippen MR) is 96.6 cm³/mol. The number of nitrogens with zero attached hydrogens (tertiary/aromatic N) is 2. The number of ether oxygens (including phenoxy) is 1. The predicted octanol–water partition coefficient (Wildman–Crippen LogP) is 1.99. The molecule has 136 valence electrons. The van der Waals surface area contributed by atoms with E-state index in [-0.39, 0.29) is 5.91 Å². The molecule has 1 aliphatic carbocycles. The normalized spacial score (nSPS) is 15.5. The highest BCUT2D eigenvalue weighted by Crippen LogP contribution is 2.32. The van der Waals surface area contributed by atoms with Crippen molar-refractivity contribution in [1.82, 2.24) is 15.3 Å².